The van der Waals surface area contributed by atoms with E-state index in [1.807, 2.05) is 0 Å². The van der Waals surface area contributed by atoms with Crippen molar-refractivity contribution < 1.29 is 44.3 Å². The number of phosphoric acid groups is 1. The number of aliphatic hydroxyl groups excluding tert-OH is 4. The summed E-state index contributed by atoms with van der Waals surface area (Å²) < 4.78 is 14.4. The molecule has 12 heteroatoms. The molecule has 1 fully saturated rings. The fraction of sp³-hybridized carbons (Fsp3) is 0.857. The van der Waals surface area contributed by atoms with Crippen molar-refractivity contribution in [3.05, 3.63) is 0 Å². The molecule has 19 heavy (non-hydrogen) atoms. The van der Waals surface area contributed by atoms with Crippen LogP contribution in [0.2, 0.25) is 0 Å². The molecule has 1 aliphatic rings. The summed E-state index contributed by atoms with van der Waals surface area (Å²) in [7, 11) is -5.53. The molecule has 1 aliphatic carbocycles. The van der Waals surface area contributed by atoms with Gasteiger partial charge in [-0.15, -0.1) is 0 Å². The highest BCUT2D eigenvalue weighted by molar-refractivity contribution is 7.43. The van der Waals surface area contributed by atoms with Gasteiger partial charge in [-0.2, -0.15) is 0 Å². The number of hydrogen-bond donors (Lipinski definition) is 7. The van der Waals surface area contributed by atoms with Gasteiger partial charge in [0, 0.05) is 0 Å². The first-order valence-electron chi connectivity index (χ1n) is 5.11. The summed E-state index contributed by atoms with van der Waals surface area (Å²) in [6, 6.07) is -1.37. The van der Waals surface area contributed by atoms with Gasteiger partial charge in [-0.05, 0) is 0 Å². The minimum absolute atomic E-state index is 0.403. The Morgan fingerprint density at radius 3 is 1.79 bits per heavy atom. The largest absolute Gasteiger partial charge is 0.790 e. The van der Waals surface area contributed by atoms with Crippen LogP contribution in [0.5, 0.6) is 0 Å². The third-order valence-corrected chi connectivity index (χ3v) is 3.19. The van der Waals surface area contributed by atoms with E-state index >= 15 is 0 Å². The summed E-state index contributed by atoms with van der Waals surface area (Å²) in [6.45, 7) is 0. The molecule has 0 aromatic rings. The summed E-state index contributed by atoms with van der Waals surface area (Å²) in [4.78, 5) is 23.1. The van der Waals surface area contributed by atoms with Crippen LogP contribution in [-0.4, -0.2) is 62.9 Å². The van der Waals surface area contributed by atoms with Crippen molar-refractivity contribution in [3.63, 3.8) is 0 Å². The number of phosphoric ester groups is 1. The number of nitrogens with two attached hydrogens (primary N) is 2. The zero-order valence-corrected chi connectivity index (χ0v) is 10.4. The first-order valence-corrected chi connectivity index (χ1v) is 6.58. The lowest BCUT2D eigenvalue weighted by Gasteiger charge is -2.45. The molecule has 1 saturated carbocycles. The number of nitrogens with one attached hydrogen (secondary N) is 1. The van der Waals surface area contributed by atoms with E-state index in [1.54, 1.807) is 0 Å². The van der Waals surface area contributed by atoms with E-state index in [-0.39, 0.29) is 0 Å². The SMILES string of the molecule is NC(N)=[NH+]C1[C@@H](O)[C@H](O)C(OP(=O)([O-])[O-])[C@H](O)[C@H]1O. The molecule has 112 valence electrons. The maximum atomic E-state index is 10.5. The Morgan fingerprint density at radius 2 is 1.47 bits per heavy atom. The molecule has 0 saturated heterocycles. The topological polar surface area (TPSA) is 219 Å². The summed E-state index contributed by atoms with van der Waals surface area (Å²) in [5.74, 6) is -0.403. The first-order chi connectivity index (χ1) is 8.54. The van der Waals surface area contributed by atoms with Crippen LogP contribution >= 0.6 is 7.82 Å². The standard InChI is InChI=1S/C7H16N3O8P/c8-7(9)10-1-2(11)4(13)6(5(14)3(1)12)18-19(15,16)17/h1-6,11-14H,(H4,8,9,10)(H2,15,16,17)/p-1/t1?,2-,3+,4+,5-,6?. The Labute approximate surface area is 107 Å². The van der Waals surface area contributed by atoms with Crippen LogP contribution in [0, 0.1) is 0 Å². The van der Waals surface area contributed by atoms with Crippen molar-refractivity contribution in [1.29, 1.82) is 0 Å². The van der Waals surface area contributed by atoms with Gasteiger partial charge < -0.3 is 39.3 Å². The molecule has 0 amide bonds. The molecular weight excluding hydrogens is 285 g/mol. The van der Waals surface area contributed by atoms with E-state index in [9.17, 15) is 34.8 Å². The van der Waals surface area contributed by atoms with Gasteiger partial charge in [-0.25, -0.2) is 0 Å². The van der Waals surface area contributed by atoms with Crippen molar-refractivity contribution in [1.82, 2.24) is 0 Å². The lowest BCUT2D eigenvalue weighted by Crippen LogP contribution is -2.92. The number of aliphatic hydroxyl groups is 4. The van der Waals surface area contributed by atoms with Gasteiger partial charge >= 0.3 is 5.96 Å². The third-order valence-electron chi connectivity index (χ3n) is 2.69. The highest BCUT2D eigenvalue weighted by Gasteiger charge is 2.50. The van der Waals surface area contributed by atoms with E-state index < -0.39 is 50.3 Å². The predicted molar refractivity (Wildman–Crippen MR) is 54.6 cm³/mol. The van der Waals surface area contributed by atoms with Gasteiger partial charge in [0.25, 0.3) is 0 Å². The Hall–Kier alpha value is -0.780. The van der Waals surface area contributed by atoms with Gasteiger partial charge in [0.1, 0.15) is 36.6 Å². The summed E-state index contributed by atoms with van der Waals surface area (Å²) in [6.07, 6.45) is -9.46. The second kappa shape index (κ2) is 5.69. The zero-order valence-electron chi connectivity index (χ0n) is 9.49. The van der Waals surface area contributed by atoms with Crippen molar-refractivity contribution in [3.8, 4) is 0 Å². The average molecular weight is 300 g/mol. The van der Waals surface area contributed by atoms with E-state index in [1.165, 1.54) is 0 Å². The smallest absolute Gasteiger partial charge is 0.339 e. The minimum Gasteiger partial charge on any atom is -0.790 e. The molecule has 0 aromatic heterocycles. The van der Waals surface area contributed by atoms with E-state index in [4.69, 9.17) is 11.5 Å². The van der Waals surface area contributed by atoms with Crippen LogP contribution in [0.1, 0.15) is 0 Å². The van der Waals surface area contributed by atoms with Gasteiger partial charge in [0.15, 0.2) is 0 Å². The second-order valence-corrected chi connectivity index (χ2v) is 5.21. The maximum absolute atomic E-state index is 10.5. The zero-order chi connectivity index (χ0) is 15.0. The summed E-state index contributed by atoms with van der Waals surface area (Å²) in [5.41, 5.74) is 10.2. The molecule has 0 heterocycles. The molecule has 9 N–H and O–H groups in total. The van der Waals surface area contributed by atoms with Crippen LogP contribution in [0.25, 0.3) is 0 Å². The molecule has 11 nitrogen and oxygen atoms in total. The van der Waals surface area contributed by atoms with Gasteiger partial charge in [0.05, 0.1) is 7.82 Å². The summed E-state index contributed by atoms with van der Waals surface area (Å²) >= 11 is 0. The second-order valence-electron chi connectivity index (χ2n) is 4.11. The fourth-order valence-corrected chi connectivity index (χ4v) is 2.40. The Kier molecular flexibility index (Phi) is 4.87. The molecule has 0 spiro atoms. The van der Waals surface area contributed by atoms with Gasteiger partial charge in [-0.3, -0.25) is 16.5 Å². The quantitative estimate of drug-likeness (QED) is 0.148. The monoisotopic (exact) mass is 300 g/mol. The molecule has 1 rings (SSSR count). The van der Waals surface area contributed by atoms with Crippen LogP contribution < -0.4 is 26.2 Å². The Morgan fingerprint density at radius 1 is 1.05 bits per heavy atom. The van der Waals surface area contributed by atoms with Crippen LogP contribution in [0.3, 0.4) is 0 Å². The summed E-state index contributed by atoms with van der Waals surface area (Å²) in [5, 5.41) is 38.5. The Balaban J connectivity index is 2.99. The van der Waals surface area contributed by atoms with Gasteiger partial charge in [0.2, 0.25) is 0 Å². The number of guanidine groups is 1. The molecule has 0 aromatic carbocycles. The minimum atomic E-state index is -5.53. The molecule has 0 radical (unpaired) electrons. The predicted octanol–water partition coefficient (Wildman–Crippen LogP) is -7.62. The maximum Gasteiger partial charge on any atom is 0.339 e. The van der Waals surface area contributed by atoms with Gasteiger partial charge in [-0.1, -0.05) is 0 Å². The number of rotatable bonds is 3. The first kappa shape index (κ1) is 16.3. The fourth-order valence-electron chi connectivity index (χ4n) is 1.85. The van der Waals surface area contributed by atoms with E-state index in [0.717, 1.165) is 0 Å². The van der Waals surface area contributed by atoms with Crippen LogP contribution in [0.15, 0.2) is 0 Å². The Bertz CT molecular complexity index is 380. The molecule has 0 aliphatic heterocycles. The third kappa shape index (κ3) is 3.84. The molecule has 2 unspecified atom stereocenters. The van der Waals surface area contributed by atoms with E-state index in [2.05, 4.69) is 9.52 Å². The van der Waals surface area contributed by atoms with Crippen molar-refractivity contribution >= 4 is 13.8 Å². The van der Waals surface area contributed by atoms with Crippen LogP contribution in [0.4, 0.5) is 0 Å². The van der Waals surface area contributed by atoms with Crippen molar-refractivity contribution in [2.45, 2.75) is 36.6 Å². The molecular formula is C7H15N3O8P-. The number of hydrogen-bond acceptors (Lipinski definition) is 8. The normalized spacial score (nSPS) is 39.9. The lowest BCUT2D eigenvalue weighted by molar-refractivity contribution is -0.545. The van der Waals surface area contributed by atoms with Crippen molar-refractivity contribution in [2.75, 3.05) is 0 Å². The van der Waals surface area contributed by atoms with Crippen molar-refractivity contribution in [2.24, 2.45) is 11.5 Å². The molecule has 6 atom stereocenters. The van der Waals surface area contributed by atoms with E-state index in [0.29, 0.717) is 0 Å². The van der Waals surface area contributed by atoms with Crippen LogP contribution in [-0.2, 0) is 9.09 Å². The lowest BCUT2D eigenvalue weighted by atomic mass is 9.83. The highest BCUT2D eigenvalue weighted by Crippen LogP contribution is 2.33. The average Bonchev–Trinajstić information content (AvgIpc) is 2.26. The molecule has 0 bridgehead atoms. The highest BCUT2D eigenvalue weighted by atomic mass is 31.2.